The molecule has 0 aromatic rings. The van der Waals surface area contributed by atoms with Crippen LogP contribution in [0.4, 0.5) is 0 Å². The maximum atomic E-state index is 8.74. The van der Waals surface area contributed by atoms with E-state index in [1.54, 1.807) is 0 Å². The largest absolute Gasteiger partial charge is 1.00 e. The van der Waals surface area contributed by atoms with E-state index in [1.807, 2.05) is 0 Å². The molecule has 0 saturated carbocycles. The van der Waals surface area contributed by atoms with Crippen LogP contribution in [0.5, 0.6) is 0 Å². The molecular weight excluding hydrogens is 275 g/mol. The normalized spacial score (nSPS) is 10.6. The van der Waals surface area contributed by atoms with Crippen molar-refractivity contribution in [2.24, 2.45) is 5.92 Å². The van der Waals surface area contributed by atoms with Crippen molar-refractivity contribution >= 4 is 10.4 Å². The number of unbranched alkanes of at least 4 members (excludes halogenated alkanes) is 7. The molecule has 0 atom stereocenters. The van der Waals surface area contributed by atoms with E-state index in [2.05, 4.69) is 20.8 Å². The molecule has 0 aromatic carbocycles. The quantitative estimate of drug-likeness (QED) is 0.292. The summed E-state index contributed by atoms with van der Waals surface area (Å²) in [5.41, 5.74) is 0. The molecule has 6 heteroatoms. The maximum Gasteiger partial charge on any atom is 1.00 e. The third-order valence-corrected chi connectivity index (χ3v) is 2.53. The van der Waals surface area contributed by atoms with Gasteiger partial charge < -0.3 is 6.92 Å². The summed E-state index contributed by atoms with van der Waals surface area (Å²) in [6.45, 7) is 8.48. The Bertz CT molecular complexity index is 245. The van der Waals surface area contributed by atoms with Crippen LogP contribution in [0.3, 0.4) is 0 Å². The fourth-order valence-corrected chi connectivity index (χ4v) is 1.61. The van der Waals surface area contributed by atoms with Crippen LogP contribution in [0.2, 0.25) is 0 Å². The van der Waals surface area contributed by atoms with Crippen LogP contribution in [0.1, 0.15) is 71.6 Å². The second-order valence-corrected chi connectivity index (χ2v) is 5.85. The second kappa shape index (κ2) is 16.9. The second-order valence-electron chi connectivity index (χ2n) is 4.96. The zero-order chi connectivity index (χ0) is 14.4. The first kappa shape index (κ1) is 24.9. The minimum Gasteiger partial charge on any atom is -0.343 e. The van der Waals surface area contributed by atoms with Crippen molar-refractivity contribution in [1.82, 2.24) is 0 Å². The predicted octanol–water partition coefficient (Wildman–Crippen LogP) is 1.34. The van der Waals surface area contributed by atoms with E-state index in [4.69, 9.17) is 17.5 Å². The molecule has 19 heavy (non-hydrogen) atoms. The first-order chi connectivity index (χ1) is 8.27. The van der Waals surface area contributed by atoms with Gasteiger partial charge in [-0.05, 0) is 5.92 Å². The molecule has 0 aliphatic rings. The zero-order valence-electron chi connectivity index (χ0n) is 12.8. The van der Waals surface area contributed by atoms with E-state index in [9.17, 15) is 0 Å². The Kier molecular flexibility index (Phi) is 22.1. The molecular formula is C13H29NaO4S. The van der Waals surface area contributed by atoms with Crippen LogP contribution in [0.15, 0.2) is 0 Å². The number of hydrogen-bond donors (Lipinski definition) is 2. The molecule has 0 amide bonds. The summed E-state index contributed by atoms with van der Waals surface area (Å²) in [6.07, 6.45) is 12.5. The van der Waals surface area contributed by atoms with Gasteiger partial charge in [-0.15, -0.1) is 0 Å². The Morgan fingerprint density at radius 1 is 0.895 bits per heavy atom. The van der Waals surface area contributed by atoms with Gasteiger partial charge in [-0.2, -0.15) is 14.8 Å². The van der Waals surface area contributed by atoms with Crippen LogP contribution in [0.25, 0.3) is 0 Å². The van der Waals surface area contributed by atoms with Crippen LogP contribution in [-0.4, -0.2) is 17.5 Å². The van der Waals surface area contributed by atoms with E-state index >= 15 is 0 Å². The Morgan fingerprint density at radius 3 is 1.53 bits per heavy atom. The van der Waals surface area contributed by atoms with E-state index in [1.165, 1.54) is 51.4 Å². The van der Waals surface area contributed by atoms with E-state index < -0.39 is 10.4 Å². The fraction of sp³-hybridized carbons (Fsp3) is 0.923. The van der Waals surface area contributed by atoms with Crippen molar-refractivity contribution in [3.8, 4) is 0 Å². The summed E-state index contributed by atoms with van der Waals surface area (Å²) in [7, 11) is -4.67. The van der Waals surface area contributed by atoms with Gasteiger partial charge in [-0.25, -0.2) is 0 Å². The fourth-order valence-electron chi connectivity index (χ4n) is 1.61. The van der Waals surface area contributed by atoms with Crippen LogP contribution < -0.4 is 29.6 Å². The topological polar surface area (TPSA) is 74.6 Å². The van der Waals surface area contributed by atoms with Crippen molar-refractivity contribution in [2.45, 2.75) is 71.6 Å². The third kappa shape index (κ3) is 45.5. The van der Waals surface area contributed by atoms with Gasteiger partial charge in [0.05, 0.1) is 0 Å². The van der Waals surface area contributed by atoms with Crippen molar-refractivity contribution in [3.05, 3.63) is 6.92 Å². The van der Waals surface area contributed by atoms with Gasteiger partial charge in [0.1, 0.15) is 0 Å². The predicted molar refractivity (Wildman–Crippen MR) is 75.9 cm³/mol. The molecule has 0 heterocycles. The van der Waals surface area contributed by atoms with Crippen molar-refractivity contribution in [1.29, 1.82) is 0 Å². The molecule has 0 radical (unpaired) electrons. The van der Waals surface area contributed by atoms with Gasteiger partial charge in [-0.3, -0.25) is 9.11 Å². The first-order valence-corrected chi connectivity index (χ1v) is 8.16. The molecule has 4 nitrogen and oxygen atoms in total. The average Bonchev–Trinajstić information content (AvgIpc) is 2.19. The van der Waals surface area contributed by atoms with Gasteiger partial charge in [-0.1, -0.05) is 65.2 Å². The monoisotopic (exact) mass is 304 g/mol. The minimum atomic E-state index is -4.67. The number of hydrogen-bond acceptors (Lipinski definition) is 2. The van der Waals surface area contributed by atoms with E-state index in [-0.39, 0.29) is 29.6 Å². The summed E-state index contributed by atoms with van der Waals surface area (Å²) in [5.74, 6) is 0.895. The van der Waals surface area contributed by atoms with Gasteiger partial charge in [0.2, 0.25) is 0 Å². The van der Waals surface area contributed by atoms with Crippen molar-refractivity contribution in [3.63, 3.8) is 0 Å². The van der Waals surface area contributed by atoms with Gasteiger partial charge in [0.25, 0.3) is 0 Å². The molecule has 0 unspecified atom stereocenters. The SMILES string of the molecule is O=S(=O)(O)O.[CH2-]CCCCCCCCCC(C)C.[Na+]. The summed E-state index contributed by atoms with van der Waals surface area (Å²) < 4.78 is 31.6. The molecule has 0 aromatic heterocycles. The standard InChI is InChI=1S/C13H27.Na.H2O4S/c1-4-5-6-7-8-9-10-11-12-13(2)3;;1-5(2,3)4/h13H,1,4-12H2,2-3H3;;(H2,1,2,3,4)/q-1;+1;. The van der Waals surface area contributed by atoms with Crippen LogP contribution in [0, 0.1) is 12.8 Å². The van der Waals surface area contributed by atoms with Gasteiger partial charge in [0, 0.05) is 0 Å². The molecule has 0 aliphatic carbocycles. The Morgan fingerprint density at radius 2 is 1.21 bits per heavy atom. The summed E-state index contributed by atoms with van der Waals surface area (Å²) in [4.78, 5) is 0. The van der Waals surface area contributed by atoms with Crippen LogP contribution in [-0.2, 0) is 10.4 Å². The third-order valence-electron chi connectivity index (χ3n) is 2.53. The summed E-state index contributed by atoms with van der Waals surface area (Å²) in [5, 5.41) is 0. The first-order valence-electron chi connectivity index (χ1n) is 6.76. The molecule has 0 saturated heterocycles. The molecule has 112 valence electrons. The van der Waals surface area contributed by atoms with E-state index in [0.717, 1.165) is 12.3 Å². The summed E-state index contributed by atoms with van der Waals surface area (Å²) in [6, 6.07) is 0. The molecule has 0 fully saturated rings. The summed E-state index contributed by atoms with van der Waals surface area (Å²) >= 11 is 0. The number of rotatable bonds is 9. The molecule has 0 bridgehead atoms. The van der Waals surface area contributed by atoms with Crippen molar-refractivity contribution < 1.29 is 47.1 Å². The van der Waals surface area contributed by atoms with Gasteiger partial charge >= 0.3 is 40.0 Å². The zero-order valence-corrected chi connectivity index (χ0v) is 15.6. The van der Waals surface area contributed by atoms with Gasteiger partial charge in [0.15, 0.2) is 0 Å². The molecule has 0 spiro atoms. The Balaban J connectivity index is -0.000000366. The Labute approximate surface area is 141 Å². The molecule has 0 rings (SSSR count). The van der Waals surface area contributed by atoms with E-state index in [0.29, 0.717) is 0 Å². The van der Waals surface area contributed by atoms with Crippen molar-refractivity contribution in [2.75, 3.05) is 0 Å². The molecule has 0 aliphatic heterocycles. The maximum absolute atomic E-state index is 8.74. The molecule has 2 N–H and O–H groups in total. The minimum absolute atomic E-state index is 0. The Hall–Kier alpha value is 0.870. The van der Waals surface area contributed by atoms with Crippen LogP contribution >= 0.6 is 0 Å². The smallest absolute Gasteiger partial charge is 0.343 e. The average molecular weight is 304 g/mol.